The van der Waals surface area contributed by atoms with Gasteiger partial charge in [0.1, 0.15) is 5.69 Å². The molecule has 1 aliphatic rings. The first kappa shape index (κ1) is 13.0. The molecular weight excluding hydrogens is 228 g/mol. The quantitative estimate of drug-likeness (QED) is 0.888. The highest BCUT2D eigenvalue weighted by Gasteiger charge is 2.19. The summed E-state index contributed by atoms with van der Waals surface area (Å²) in [6, 6.07) is 3.82. The number of nitrogens with one attached hydrogen (secondary N) is 1. The molecule has 1 N–H and O–H groups in total. The van der Waals surface area contributed by atoms with Gasteiger partial charge in [-0.3, -0.25) is 9.78 Å². The van der Waals surface area contributed by atoms with E-state index in [0.717, 1.165) is 25.0 Å². The third-order valence-electron chi connectivity index (χ3n) is 3.19. The second-order valence-electron chi connectivity index (χ2n) is 4.94. The van der Waals surface area contributed by atoms with Gasteiger partial charge >= 0.3 is 0 Å². The lowest BCUT2D eigenvalue weighted by atomic mass is 10.0. The van der Waals surface area contributed by atoms with Gasteiger partial charge in [0.15, 0.2) is 0 Å². The number of ether oxygens (including phenoxy) is 1. The number of rotatable bonds is 4. The average Bonchev–Trinajstić information content (AvgIpc) is 2.89. The van der Waals surface area contributed by atoms with Crippen LogP contribution in [0.4, 0.5) is 0 Å². The van der Waals surface area contributed by atoms with E-state index in [1.54, 1.807) is 6.20 Å². The van der Waals surface area contributed by atoms with Crippen molar-refractivity contribution in [2.24, 2.45) is 0 Å². The fourth-order valence-electron chi connectivity index (χ4n) is 2.17. The van der Waals surface area contributed by atoms with E-state index >= 15 is 0 Å². The normalized spacial score (nSPS) is 19.2. The molecule has 1 aromatic heterocycles. The fourth-order valence-corrected chi connectivity index (χ4v) is 2.17. The summed E-state index contributed by atoms with van der Waals surface area (Å²) in [5.41, 5.74) is 1.52. The lowest BCUT2D eigenvalue weighted by molar-refractivity contribution is 0.0852. The number of hydrogen-bond acceptors (Lipinski definition) is 3. The van der Waals surface area contributed by atoms with E-state index in [4.69, 9.17) is 4.74 Å². The zero-order valence-electron chi connectivity index (χ0n) is 11.0. The minimum atomic E-state index is -0.102. The van der Waals surface area contributed by atoms with Gasteiger partial charge in [-0.05, 0) is 30.4 Å². The average molecular weight is 248 g/mol. The molecule has 4 heteroatoms. The molecule has 1 saturated heterocycles. The molecule has 0 saturated carbocycles. The Morgan fingerprint density at radius 1 is 1.61 bits per heavy atom. The summed E-state index contributed by atoms with van der Waals surface area (Å²) in [7, 11) is 0. The highest BCUT2D eigenvalue weighted by atomic mass is 16.5. The van der Waals surface area contributed by atoms with Crippen molar-refractivity contribution >= 4 is 5.91 Å². The largest absolute Gasteiger partial charge is 0.376 e. The second-order valence-corrected chi connectivity index (χ2v) is 4.94. The minimum absolute atomic E-state index is 0.102. The number of nitrogens with zero attached hydrogens (tertiary/aromatic N) is 1. The Kier molecular flexibility index (Phi) is 4.31. The maximum Gasteiger partial charge on any atom is 0.270 e. The molecule has 0 spiro atoms. The summed E-state index contributed by atoms with van der Waals surface area (Å²) in [6.07, 6.45) is 3.94. The Morgan fingerprint density at radius 3 is 3.11 bits per heavy atom. The summed E-state index contributed by atoms with van der Waals surface area (Å²) in [5.74, 6) is 0.192. The van der Waals surface area contributed by atoms with Gasteiger partial charge in [0.05, 0.1) is 6.10 Å². The summed E-state index contributed by atoms with van der Waals surface area (Å²) in [5, 5.41) is 2.91. The number of amides is 1. The van der Waals surface area contributed by atoms with Crippen molar-refractivity contribution in [2.75, 3.05) is 13.2 Å². The van der Waals surface area contributed by atoms with E-state index in [1.807, 2.05) is 12.1 Å². The summed E-state index contributed by atoms with van der Waals surface area (Å²) in [6.45, 7) is 5.51. The van der Waals surface area contributed by atoms with Gasteiger partial charge in [-0.15, -0.1) is 0 Å². The molecule has 1 atom stereocenters. The van der Waals surface area contributed by atoms with Crippen LogP contribution in [0.1, 0.15) is 48.7 Å². The number of aromatic nitrogens is 1. The van der Waals surface area contributed by atoms with Gasteiger partial charge in [-0.25, -0.2) is 0 Å². The minimum Gasteiger partial charge on any atom is -0.376 e. The molecule has 0 aliphatic carbocycles. The summed E-state index contributed by atoms with van der Waals surface area (Å²) in [4.78, 5) is 16.3. The van der Waals surface area contributed by atoms with Crippen molar-refractivity contribution in [1.82, 2.24) is 10.3 Å². The van der Waals surface area contributed by atoms with Crippen LogP contribution in [0.2, 0.25) is 0 Å². The number of hydrogen-bond donors (Lipinski definition) is 1. The summed E-state index contributed by atoms with van der Waals surface area (Å²) < 4.78 is 5.48. The van der Waals surface area contributed by atoms with Crippen LogP contribution in [0.5, 0.6) is 0 Å². The maximum atomic E-state index is 12.1. The van der Waals surface area contributed by atoms with Crippen LogP contribution in [-0.2, 0) is 4.74 Å². The molecule has 18 heavy (non-hydrogen) atoms. The zero-order valence-corrected chi connectivity index (χ0v) is 11.0. The van der Waals surface area contributed by atoms with Crippen LogP contribution in [0.25, 0.3) is 0 Å². The van der Waals surface area contributed by atoms with Gasteiger partial charge in [0, 0.05) is 19.3 Å². The summed E-state index contributed by atoms with van der Waals surface area (Å²) >= 11 is 0. The third kappa shape index (κ3) is 3.07. The molecule has 0 bridgehead atoms. The number of carbonyl (C=O) groups is 1. The Balaban J connectivity index is 1.99. The molecule has 1 unspecified atom stereocenters. The van der Waals surface area contributed by atoms with Crippen molar-refractivity contribution in [3.63, 3.8) is 0 Å². The molecule has 1 aromatic rings. The lowest BCUT2D eigenvalue weighted by Crippen LogP contribution is -2.33. The molecular formula is C14H20N2O2. The maximum absolute atomic E-state index is 12.1. The van der Waals surface area contributed by atoms with Gasteiger partial charge in [-0.2, -0.15) is 0 Å². The molecule has 98 valence electrons. The predicted molar refractivity (Wildman–Crippen MR) is 69.6 cm³/mol. The van der Waals surface area contributed by atoms with E-state index in [-0.39, 0.29) is 12.0 Å². The molecule has 0 radical (unpaired) electrons. The van der Waals surface area contributed by atoms with E-state index in [0.29, 0.717) is 18.2 Å². The van der Waals surface area contributed by atoms with Crippen molar-refractivity contribution in [3.8, 4) is 0 Å². The van der Waals surface area contributed by atoms with Crippen molar-refractivity contribution in [3.05, 3.63) is 29.6 Å². The monoisotopic (exact) mass is 248 g/mol. The van der Waals surface area contributed by atoms with E-state index in [2.05, 4.69) is 24.1 Å². The number of pyridine rings is 1. The Bertz CT molecular complexity index is 412. The highest BCUT2D eigenvalue weighted by Crippen LogP contribution is 2.17. The first-order chi connectivity index (χ1) is 8.68. The fraction of sp³-hybridized carbons (Fsp3) is 0.571. The smallest absolute Gasteiger partial charge is 0.270 e. The number of carbonyl (C=O) groups excluding carboxylic acids is 1. The van der Waals surface area contributed by atoms with Crippen molar-refractivity contribution in [1.29, 1.82) is 0 Å². The van der Waals surface area contributed by atoms with Crippen molar-refractivity contribution in [2.45, 2.75) is 38.7 Å². The van der Waals surface area contributed by atoms with Crippen LogP contribution < -0.4 is 5.32 Å². The first-order valence-corrected chi connectivity index (χ1v) is 6.53. The molecule has 0 aromatic carbocycles. The molecule has 4 nitrogen and oxygen atoms in total. The van der Waals surface area contributed by atoms with Crippen LogP contribution in [0.3, 0.4) is 0 Å². The lowest BCUT2D eigenvalue weighted by Gasteiger charge is -2.13. The van der Waals surface area contributed by atoms with Crippen LogP contribution in [-0.4, -0.2) is 30.1 Å². The Labute approximate surface area is 108 Å². The second kappa shape index (κ2) is 5.96. The van der Waals surface area contributed by atoms with Gasteiger partial charge in [0.25, 0.3) is 5.91 Å². The van der Waals surface area contributed by atoms with Gasteiger partial charge < -0.3 is 10.1 Å². The zero-order chi connectivity index (χ0) is 13.0. The van der Waals surface area contributed by atoms with Gasteiger partial charge in [-0.1, -0.05) is 19.9 Å². The topological polar surface area (TPSA) is 51.2 Å². The van der Waals surface area contributed by atoms with Crippen LogP contribution in [0.15, 0.2) is 18.3 Å². The Morgan fingerprint density at radius 2 is 2.44 bits per heavy atom. The molecule has 1 amide bonds. The Hall–Kier alpha value is -1.42. The SMILES string of the molecule is CC(C)c1cccnc1C(=O)NCC1CCCO1. The van der Waals surface area contributed by atoms with E-state index in [1.165, 1.54) is 0 Å². The standard InChI is InChI=1S/C14H20N2O2/c1-10(2)12-6-3-7-15-13(12)14(17)16-9-11-5-4-8-18-11/h3,6-7,10-11H,4-5,8-9H2,1-2H3,(H,16,17). The third-order valence-corrected chi connectivity index (χ3v) is 3.19. The van der Waals surface area contributed by atoms with E-state index in [9.17, 15) is 4.79 Å². The first-order valence-electron chi connectivity index (χ1n) is 6.53. The van der Waals surface area contributed by atoms with Gasteiger partial charge in [0.2, 0.25) is 0 Å². The van der Waals surface area contributed by atoms with Crippen LogP contribution >= 0.6 is 0 Å². The molecule has 2 rings (SSSR count). The van der Waals surface area contributed by atoms with E-state index < -0.39 is 0 Å². The highest BCUT2D eigenvalue weighted by molar-refractivity contribution is 5.93. The molecule has 2 heterocycles. The molecule has 1 aliphatic heterocycles. The van der Waals surface area contributed by atoms with Crippen molar-refractivity contribution < 1.29 is 9.53 Å². The molecule has 1 fully saturated rings. The van der Waals surface area contributed by atoms with Crippen LogP contribution in [0, 0.1) is 0 Å². The predicted octanol–water partition coefficient (Wildman–Crippen LogP) is 2.11.